The number of aliphatic imine (C=N–C) groups is 1. The van der Waals surface area contributed by atoms with Gasteiger partial charge in [0.25, 0.3) is 0 Å². The third-order valence-electron chi connectivity index (χ3n) is 5.36. The number of benzene rings is 1. The number of nitrogen functional groups attached to an aromatic ring is 1. The number of aliphatic hydroxyl groups is 1. The highest BCUT2D eigenvalue weighted by Gasteiger charge is 2.22. The summed E-state index contributed by atoms with van der Waals surface area (Å²) in [6.45, 7) is 4.78. The Kier molecular flexibility index (Phi) is 9.36. The van der Waals surface area contributed by atoms with E-state index in [4.69, 9.17) is 11.1 Å². The van der Waals surface area contributed by atoms with Gasteiger partial charge in [-0.3, -0.25) is 4.99 Å². The lowest BCUT2D eigenvalue weighted by Crippen LogP contribution is -2.38. The first-order valence-corrected chi connectivity index (χ1v) is 11.4. The van der Waals surface area contributed by atoms with E-state index in [1.165, 1.54) is 6.07 Å². The van der Waals surface area contributed by atoms with Crippen LogP contribution in [0.25, 0.3) is 0 Å². The largest absolute Gasteiger partial charge is 0.396 e. The molecular formula is C21H32F2N4OS. The molecule has 0 radical (unpaired) electrons. The molecule has 8 heteroatoms. The van der Waals surface area contributed by atoms with Crippen molar-refractivity contribution in [2.24, 2.45) is 4.99 Å². The first-order valence-electron chi connectivity index (χ1n) is 10.2. The predicted molar refractivity (Wildman–Crippen MR) is 118 cm³/mol. The standard InChI is InChI=1S/C12H14F2N2.C9H18N2OS/c13-10-6-12(16)11(14)5-9(10)7-1-3-8(15)4-2-7;1-3-10-9(13-2)11-6-4-8(12)5-7-11/h5-7,15H,1-4,16H2;8,12H,3-7H2,1-2H3. The van der Waals surface area contributed by atoms with E-state index in [1.807, 2.05) is 0 Å². The summed E-state index contributed by atoms with van der Waals surface area (Å²) >= 11 is 1.70. The zero-order chi connectivity index (χ0) is 21.4. The Labute approximate surface area is 176 Å². The molecule has 0 spiro atoms. The van der Waals surface area contributed by atoms with E-state index < -0.39 is 11.6 Å². The molecule has 2 aliphatic rings. The third kappa shape index (κ3) is 6.96. The van der Waals surface area contributed by atoms with E-state index in [2.05, 4.69) is 23.1 Å². The van der Waals surface area contributed by atoms with Crippen LogP contribution < -0.4 is 5.73 Å². The molecule has 1 heterocycles. The zero-order valence-corrected chi connectivity index (χ0v) is 18.1. The second-order valence-corrected chi connectivity index (χ2v) is 8.23. The third-order valence-corrected chi connectivity index (χ3v) is 6.11. The van der Waals surface area contributed by atoms with Crippen LogP contribution in [-0.2, 0) is 0 Å². The van der Waals surface area contributed by atoms with E-state index in [0.717, 1.165) is 56.6 Å². The maximum absolute atomic E-state index is 13.6. The Bertz CT molecular complexity index is 711. The van der Waals surface area contributed by atoms with E-state index in [-0.39, 0.29) is 17.7 Å². The number of piperidine rings is 1. The summed E-state index contributed by atoms with van der Waals surface area (Å²) in [6, 6.07) is 2.24. The molecule has 0 unspecified atom stereocenters. The topological polar surface area (TPSA) is 85.7 Å². The molecule has 1 aliphatic carbocycles. The van der Waals surface area contributed by atoms with Crippen molar-refractivity contribution < 1.29 is 13.9 Å². The van der Waals surface area contributed by atoms with E-state index in [0.29, 0.717) is 24.1 Å². The maximum Gasteiger partial charge on any atom is 0.158 e. The summed E-state index contributed by atoms with van der Waals surface area (Å²) in [6.07, 6.45) is 6.51. The molecule has 2 fully saturated rings. The summed E-state index contributed by atoms with van der Waals surface area (Å²) in [5.74, 6) is -0.974. The van der Waals surface area contributed by atoms with Gasteiger partial charge in [0.05, 0.1) is 11.8 Å². The molecule has 29 heavy (non-hydrogen) atoms. The lowest BCUT2D eigenvalue weighted by atomic mass is 9.83. The molecular weight excluding hydrogens is 394 g/mol. The van der Waals surface area contributed by atoms with Gasteiger partial charge in [-0.2, -0.15) is 0 Å². The van der Waals surface area contributed by atoms with Crippen LogP contribution in [0.4, 0.5) is 14.5 Å². The van der Waals surface area contributed by atoms with Gasteiger partial charge < -0.3 is 21.1 Å². The number of rotatable bonds is 2. The average Bonchev–Trinajstić information content (AvgIpc) is 2.71. The Balaban J connectivity index is 0.000000212. The van der Waals surface area contributed by atoms with Crippen LogP contribution in [0.2, 0.25) is 0 Å². The number of halogens is 2. The molecule has 0 atom stereocenters. The fourth-order valence-electron chi connectivity index (χ4n) is 3.65. The van der Waals surface area contributed by atoms with E-state index >= 15 is 0 Å². The molecule has 5 nitrogen and oxygen atoms in total. The fourth-order valence-corrected chi connectivity index (χ4v) is 4.35. The normalized spacial score (nSPS) is 21.0. The van der Waals surface area contributed by atoms with Crippen LogP contribution >= 0.6 is 11.8 Å². The van der Waals surface area contributed by atoms with Crippen molar-refractivity contribution in [3.05, 3.63) is 29.3 Å². The lowest BCUT2D eigenvalue weighted by molar-refractivity contribution is 0.110. The van der Waals surface area contributed by atoms with Crippen LogP contribution in [-0.4, -0.2) is 52.9 Å². The van der Waals surface area contributed by atoms with Gasteiger partial charge in [0, 0.05) is 31.4 Å². The average molecular weight is 427 g/mol. The fraction of sp³-hybridized carbons (Fsp3) is 0.619. The maximum atomic E-state index is 13.6. The molecule has 162 valence electrons. The lowest BCUT2D eigenvalue weighted by Gasteiger charge is -2.31. The van der Waals surface area contributed by atoms with Crippen molar-refractivity contribution in [2.75, 3.05) is 31.6 Å². The van der Waals surface area contributed by atoms with Crippen LogP contribution in [0, 0.1) is 17.0 Å². The molecule has 1 saturated heterocycles. The van der Waals surface area contributed by atoms with Crippen LogP contribution in [0.1, 0.15) is 56.9 Å². The van der Waals surface area contributed by atoms with Crippen molar-refractivity contribution in [1.82, 2.24) is 4.90 Å². The second-order valence-electron chi connectivity index (χ2n) is 7.45. The Morgan fingerprint density at radius 2 is 1.83 bits per heavy atom. The number of hydrogen-bond acceptors (Lipinski definition) is 5. The van der Waals surface area contributed by atoms with Crippen molar-refractivity contribution >= 4 is 28.3 Å². The monoisotopic (exact) mass is 426 g/mol. The van der Waals surface area contributed by atoms with Crippen LogP contribution in [0.3, 0.4) is 0 Å². The predicted octanol–water partition coefficient (Wildman–Crippen LogP) is 4.41. The van der Waals surface area contributed by atoms with E-state index in [1.54, 1.807) is 11.8 Å². The number of hydrogen-bond donors (Lipinski definition) is 3. The summed E-state index contributed by atoms with van der Waals surface area (Å²) < 4.78 is 26.9. The smallest absolute Gasteiger partial charge is 0.158 e. The quantitative estimate of drug-likeness (QED) is 0.372. The highest BCUT2D eigenvalue weighted by atomic mass is 32.2. The van der Waals surface area contributed by atoms with Gasteiger partial charge in [-0.1, -0.05) is 11.8 Å². The molecule has 0 amide bonds. The minimum absolute atomic E-state index is 0.0178. The van der Waals surface area contributed by atoms with Crippen LogP contribution in [0.15, 0.2) is 17.1 Å². The summed E-state index contributed by atoms with van der Waals surface area (Å²) in [5.41, 5.74) is 6.25. The number of nitrogens with two attached hydrogens (primary N) is 1. The Hall–Kier alpha value is -1.67. The Morgan fingerprint density at radius 1 is 1.21 bits per heavy atom. The van der Waals surface area contributed by atoms with Gasteiger partial charge in [0.1, 0.15) is 11.6 Å². The molecule has 1 aromatic carbocycles. The first kappa shape index (κ1) is 23.6. The highest BCUT2D eigenvalue weighted by molar-refractivity contribution is 8.13. The van der Waals surface area contributed by atoms with Gasteiger partial charge in [-0.25, -0.2) is 8.78 Å². The van der Waals surface area contributed by atoms with Gasteiger partial charge in [-0.15, -0.1) is 0 Å². The van der Waals surface area contributed by atoms with Gasteiger partial charge in [0.15, 0.2) is 5.17 Å². The SMILES string of the molecule is CCN=C(SC)N1CCC(O)CC1.N=C1CCC(c2cc(F)c(N)cc2F)CC1. The number of thioether (sulfide) groups is 1. The molecule has 1 aliphatic heterocycles. The number of anilines is 1. The summed E-state index contributed by atoms with van der Waals surface area (Å²) in [5, 5.41) is 17.9. The molecule has 3 rings (SSSR count). The van der Waals surface area contributed by atoms with Crippen LogP contribution in [0.5, 0.6) is 0 Å². The number of aliphatic hydroxyl groups excluding tert-OH is 1. The molecule has 0 bridgehead atoms. The molecule has 1 aromatic rings. The van der Waals surface area contributed by atoms with Gasteiger partial charge in [-0.05, 0) is 69.3 Å². The molecule has 0 aromatic heterocycles. The second kappa shape index (κ2) is 11.5. The highest BCUT2D eigenvalue weighted by Crippen LogP contribution is 2.34. The van der Waals surface area contributed by atoms with Crippen molar-refractivity contribution in [2.45, 2.75) is 57.5 Å². The van der Waals surface area contributed by atoms with Crippen molar-refractivity contribution in [1.29, 1.82) is 5.41 Å². The number of amidine groups is 1. The number of nitrogens with zero attached hydrogens (tertiary/aromatic N) is 2. The number of nitrogens with one attached hydrogen (secondary N) is 1. The number of likely N-dealkylation sites (tertiary alicyclic amines) is 1. The summed E-state index contributed by atoms with van der Waals surface area (Å²) in [7, 11) is 0. The summed E-state index contributed by atoms with van der Waals surface area (Å²) in [4.78, 5) is 6.68. The zero-order valence-electron chi connectivity index (χ0n) is 17.3. The van der Waals surface area contributed by atoms with Crippen molar-refractivity contribution in [3.63, 3.8) is 0 Å². The van der Waals surface area contributed by atoms with Crippen molar-refractivity contribution in [3.8, 4) is 0 Å². The molecule has 1 saturated carbocycles. The van der Waals surface area contributed by atoms with Gasteiger partial charge >= 0.3 is 0 Å². The minimum atomic E-state index is -0.558. The first-order chi connectivity index (χ1) is 13.8. The molecule has 4 N–H and O–H groups in total. The minimum Gasteiger partial charge on any atom is -0.396 e. The van der Waals surface area contributed by atoms with Gasteiger partial charge in [0.2, 0.25) is 0 Å². The van der Waals surface area contributed by atoms with E-state index in [9.17, 15) is 13.9 Å². The Morgan fingerprint density at radius 3 is 2.38 bits per heavy atom.